The number of aromatic nitrogens is 1. The first kappa shape index (κ1) is 21.3. The summed E-state index contributed by atoms with van der Waals surface area (Å²) < 4.78 is 32.3. The maximum Gasteiger partial charge on any atom is 0.270 e. The third kappa shape index (κ3) is 4.28. The van der Waals surface area contributed by atoms with Crippen LogP contribution in [0.15, 0.2) is 75.2 Å². The summed E-state index contributed by atoms with van der Waals surface area (Å²) in [5.41, 5.74) is 0.652. The Morgan fingerprint density at radius 1 is 1.03 bits per heavy atom. The van der Waals surface area contributed by atoms with Gasteiger partial charge in [0.05, 0.1) is 12.0 Å². The van der Waals surface area contributed by atoms with Gasteiger partial charge in [0.1, 0.15) is 17.2 Å². The Hall–Kier alpha value is -3.39. The van der Waals surface area contributed by atoms with Crippen molar-refractivity contribution in [2.24, 2.45) is 0 Å². The first-order valence-corrected chi connectivity index (χ1v) is 10.7. The summed E-state index contributed by atoms with van der Waals surface area (Å²) in [6.07, 6.45) is 0. The van der Waals surface area contributed by atoms with Crippen LogP contribution in [0.4, 0.5) is 5.69 Å². The van der Waals surface area contributed by atoms with Crippen molar-refractivity contribution in [2.45, 2.75) is 30.2 Å². The fraction of sp³-hybridized carbons (Fsp3) is 0.182. The normalized spacial score (nSPS) is 11.2. The summed E-state index contributed by atoms with van der Waals surface area (Å²) in [5, 5.41) is 2.70. The van der Waals surface area contributed by atoms with E-state index in [4.69, 9.17) is 4.74 Å². The van der Waals surface area contributed by atoms with Gasteiger partial charge in [0.2, 0.25) is 15.7 Å². The monoisotopic (exact) mass is 426 g/mol. The molecule has 0 aliphatic rings. The largest absolute Gasteiger partial charge is 0.497 e. The number of anilines is 1. The molecule has 0 saturated heterocycles. The lowest BCUT2D eigenvalue weighted by atomic mass is 10.2. The molecule has 0 spiro atoms. The minimum absolute atomic E-state index is 0.0308. The van der Waals surface area contributed by atoms with E-state index in [9.17, 15) is 18.0 Å². The maximum atomic E-state index is 13.1. The summed E-state index contributed by atoms with van der Waals surface area (Å²) in [4.78, 5) is 25.3. The van der Waals surface area contributed by atoms with Crippen molar-refractivity contribution >= 4 is 21.4 Å². The lowest BCUT2D eigenvalue weighted by Crippen LogP contribution is -2.33. The number of carbonyl (C=O) groups excluding carboxylic acids is 1. The average molecular weight is 426 g/mol. The molecule has 8 heteroatoms. The number of sulfone groups is 1. The Kier molecular flexibility index (Phi) is 6.07. The quantitative estimate of drug-likeness (QED) is 0.654. The summed E-state index contributed by atoms with van der Waals surface area (Å²) in [5.74, 6) is 0.201. The van der Waals surface area contributed by atoms with Gasteiger partial charge < -0.3 is 14.6 Å². The van der Waals surface area contributed by atoms with Crippen molar-refractivity contribution in [3.63, 3.8) is 0 Å². The smallest absolute Gasteiger partial charge is 0.270 e. The SMILES string of the molecule is COc1ccc(NC(=O)Cn2c(C)cc(C)c(S(=O)(=O)c3ccccc3)c2=O)cc1. The topological polar surface area (TPSA) is 94.5 Å². The first-order valence-electron chi connectivity index (χ1n) is 9.19. The third-order valence-corrected chi connectivity index (χ3v) is 6.57. The second-order valence-corrected chi connectivity index (χ2v) is 8.67. The first-order chi connectivity index (χ1) is 14.2. The van der Waals surface area contributed by atoms with Crippen LogP contribution < -0.4 is 15.6 Å². The molecule has 0 radical (unpaired) electrons. The fourth-order valence-electron chi connectivity index (χ4n) is 3.17. The molecule has 156 valence electrons. The minimum Gasteiger partial charge on any atom is -0.497 e. The Morgan fingerprint density at radius 3 is 2.27 bits per heavy atom. The molecule has 1 aromatic heterocycles. The van der Waals surface area contributed by atoms with Gasteiger partial charge in [0, 0.05) is 11.4 Å². The molecule has 1 amide bonds. The number of rotatable bonds is 6. The van der Waals surface area contributed by atoms with Gasteiger partial charge in [-0.25, -0.2) is 8.42 Å². The van der Waals surface area contributed by atoms with Gasteiger partial charge in [-0.2, -0.15) is 0 Å². The van der Waals surface area contributed by atoms with E-state index in [0.29, 0.717) is 22.7 Å². The lowest BCUT2D eigenvalue weighted by Gasteiger charge is -2.15. The van der Waals surface area contributed by atoms with E-state index < -0.39 is 21.3 Å². The molecule has 3 aromatic rings. The molecule has 7 nitrogen and oxygen atoms in total. The van der Waals surface area contributed by atoms with E-state index in [0.717, 1.165) is 0 Å². The molecular weight excluding hydrogens is 404 g/mol. The van der Waals surface area contributed by atoms with Crippen LogP contribution in [0.25, 0.3) is 0 Å². The predicted molar refractivity (Wildman–Crippen MR) is 114 cm³/mol. The number of amides is 1. The summed E-state index contributed by atoms with van der Waals surface area (Å²) in [6.45, 7) is 2.92. The van der Waals surface area contributed by atoms with Crippen molar-refractivity contribution in [3.8, 4) is 5.75 Å². The van der Waals surface area contributed by atoms with Gasteiger partial charge in [-0.3, -0.25) is 9.59 Å². The zero-order chi connectivity index (χ0) is 21.9. The highest BCUT2D eigenvalue weighted by Crippen LogP contribution is 2.21. The van der Waals surface area contributed by atoms with E-state index >= 15 is 0 Å². The Labute approximate surface area is 174 Å². The van der Waals surface area contributed by atoms with Gasteiger partial charge in [-0.1, -0.05) is 18.2 Å². The average Bonchev–Trinajstić information content (AvgIpc) is 2.72. The van der Waals surface area contributed by atoms with Crippen molar-refractivity contribution in [1.82, 2.24) is 4.57 Å². The summed E-state index contributed by atoms with van der Waals surface area (Å²) in [7, 11) is -2.48. The van der Waals surface area contributed by atoms with Gasteiger partial charge >= 0.3 is 0 Å². The number of carbonyl (C=O) groups is 1. The predicted octanol–water partition coefficient (Wildman–Crippen LogP) is 2.95. The van der Waals surface area contributed by atoms with Gasteiger partial charge in [-0.05, 0) is 61.9 Å². The number of nitrogens with zero attached hydrogens (tertiary/aromatic N) is 1. The molecule has 0 saturated carbocycles. The molecule has 1 N–H and O–H groups in total. The van der Waals surface area contributed by atoms with Crippen LogP contribution >= 0.6 is 0 Å². The van der Waals surface area contributed by atoms with Crippen molar-refractivity contribution in [2.75, 3.05) is 12.4 Å². The minimum atomic E-state index is -4.02. The van der Waals surface area contributed by atoms with Crippen LogP contribution in [0.3, 0.4) is 0 Å². The Bertz CT molecular complexity index is 1230. The zero-order valence-corrected chi connectivity index (χ0v) is 17.7. The highest BCUT2D eigenvalue weighted by molar-refractivity contribution is 7.91. The molecule has 30 heavy (non-hydrogen) atoms. The summed E-state index contributed by atoms with van der Waals surface area (Å²) >= 11 is 0. The van der Waals surface area contributed by atoms with Crippen molar-refractivity contribution < 1.29 is 17.9 Å². The van der Waals surface area contributed by atoms with Crippen LogP contribution in [0.1, 0.15) is 11.3 Å². The molecule has 3 rings (SSSR count). The van der Waals surface area contributed by atoms with E-state index in [-0.39, 0.29) is 16.3 Å². The van der Waals surface area contributed by atoms with Gasteiger partial charge in [-0.15, -0.1) is 0 Å². The molecule has 1 heterocycles. The Morgan fingerprint density at radius 2 is 1.67 bits per heavy atom. The molecule has 0 aliphatic carbocycles. The molecule has 0 unspecified atom stereocenters. The number of methoxy groups -OCH3 is 1. The zero-order valence-electron chi connectivity index (χ0n) is 16.9. The summed E-state index contributed by atoms with van der Waals surface area (Å²) in [6, 6.07) is 16.1. The second kappa shape index (κ2) is 8.54. The number of ether oxygens (including phenoxy) is 1. The van der Waals surface area contributed by atoms with Gasteiger partial charge in [0.15, 0.2) is 0 Å². The lowest BCUT2D eigenvalue weighted by molar-refractivity contribution is -0.116. The number of hydrogen-bond acceptors (Lipinski definition) is 5. The number of nitrogens with one attached hydrogen (secondary N) is 1. The molecule has 0 fully saturated rings. The number of benzene rings is 2. The second-order valence-electron chi connectivity index (χ2n) is 6.78. The molecule has 2 aromatic carbocycles. The van der Waals surface area contributed by atoms with Crippen LogP contribution in [-0.2, 0) is 21.2 Å². The number of pyridine rings is 1. The molecular formula is C22H22N2O5S. The van der Waals surface area contributed by atoms with Crippen LogP contribution in [0.5, 0.6) is 5.75 Å². The third-order valence-electron chi connectivity index (χ3n) is 4.65. The van der Waals surface area contributed by atoms with E-state index in [2.05, 4.69) is 5.32 Å². The Balaban J connectivity index is 1.95. The van der Waals surface area contributed by atoms with Crippen LogP contribution in [0, 0.1) is 13.8 Å². The maximum absolute atomic E-state index is 13.1. The van der Waals surface area contributed by atoms with Crippen molar-refractivity contribution in [1.29, 1.82) is 0 Å². The van der Waals surface area contributed by atoms with Crippen LogP contribution in [0.2, 0.25) is 0 Å². The van der Waals surface area contributed by atoms with E-state index in [1.165, 1.54) is 16.7 Å². The standard InChI is InChI=1S/C22H22N2O5S/c1-15-13-16(2)24(14-20(25)23-17-9-11-18(29-3)12-10-17)22(26)21(15)30(27,28)19-7-5-4-6-8-19/h4-13H,14H2,1-3H3,(H,23,25). The molecule has 0 atom stereocenters. The highest BCUT2D eigenvalue weighted by atomic mass is 32.2. The van der Waals surface area contributed by atoms with Crippen molar-refractivity contribution in [3.05, 3.63) is 82.3 Å². The molecule has 0 aliphatic heterocycles. The number of aryl methyl sites for hydroxylation is 2. The molecule has 0 bridgehead atoms. The highest BCUT2D eigenvalue weighted by Gasteiger charge is 2.26. The number of hydrogen-bond donors (Lipinski definition) is 1. The van der Waals surface area contributed by atoms with E-state index in [1.54, 1.807) is 69.5 Å². The van der Waals surface area contributed by atoms with E-state index in [1.807, 2.05) is 0 Å². The van der Waals surface area contributed by atoms with Gasteiger partial charge in [0.25, 0.3) is 5.56 Å². The van der Waals surface area contributed by atoms with Crippen LogP contribution in [-0.4, -0.2) is 26.0 Å². The fourth-order valence-corrected chi connectivity index (χ4v) is 4.74.